The van der Waals surface area contributed by atoms with E-state index in [4.69, 9.17) is 0 Å². The van der Waals surface area contributed by atoms with Gasteiger partial charge in [-0.25, -0.2) is 0 Å². The first-order valence-electron chi connectivity index (χ1n) is 9.81. The molecule has 4 heteroatoms. The minimum absolute atomic E-state index is 0.236. The van der Waals surface area contributed by atoms with Crippen molar-refractivity contribution in [1.82, 2.24) is 10.3 Å². The first kappa shape index (κ1) is 19.6. The summed E-state index contributed by atoms with van der Waals surface area (Å²) in [6.07, 6.45) is 2.62. The molecule has 2 atom stereocenters. The number of carbonyl (C=O) groups is 1. The highest BCUT2D eigenvalue weighted by atomic mass is 16.3. The Hall–Kier alpha value is -3.76. The molecule has 0 aliphatic rings. The minimum atomic E-state index is -0.867. The topological polar surface area (TPSA) is 62.2 Å². The molecule has 30 heavy (non-hydrogen) atoms. The van der Waals surface area contributed by atoms with Crippen LogP contribution in [0.2, 0.25) is 0 Å². The van der Waals surface area contributed by atoms with E-state index in [1.807, 2.05) is 84.9 Å². The summed E-state index contributed by atoms with van der Waals surface area (Å²) in [5.41, 5.74) is 4.18. The Kier molecular flexibility index (Phi) is 5.97. The summed E-state index contributed by atoms with van der Waals surface area (Å²) in [6, 6.07) is 29.6. The Balaban J connectivity index is 1.57. The van der Waals surface area contributed by atoms with Crippen molar-refractivity contribution in [1.29, 1.82) is 0 Å². The lowest BCUT2D eigenvalue weighted by Gasteiger charge is -2.25. The number of nitrogens with zero attached hydrogens (tertiary/aromatic N) is 1. The number of rotatable bonds is 6. The highest BCUT2D eigenvalue weighted by Crippen LogP contribution is 2.29. The highest BCUT2D eigenvalue weighted by molar-refractivity contribution is 5.95. The third kappa shape index (κ3) is 4.45. The van der Waals surface area contributed by atoms with Gasteiger partial charge in [0.05, 0.1) is 6.04 Å². The lowest BCUT2D eigenvalue weighted by Crippen LogP contribution is -2.32. The second-order valence-electron chi connectivity index (χ2n) is 7.03. The fraction of sp³-hybridized carbons (Fsp3) is 0.0769. The first-order chi connectivity index (χ1) is 14.7. The molecular formula is C26H22N2O2. The molecule has 0 aliphatic heterocycles. The van der Waals surface area contributed by atoms with Gasteiger partial charge in [0, 0.05) is 18.0 Å². The number of amides is 1. The number of hydrogen-bond acceptors (Lipinski definition) is 3. The zero-order valence-corrected chi connectivity index (χ0v) is 16.3. The van der Waals surface area contributed by atoms with Gasteiger partial charge in [0.1, 0.15) is 6.10 Å². The predicted octanol–water partition coefficient (Wildman–Crippen LogP) is 4.95. The van der Waals surface area contributed by atoms with Crippen LogP contribution >= 0.6 is 0 Å². The van der Waals surface area contributed by atoms with Crippen LogP contribution in [0.5, 0.6) is 0 Å². The van der Waals surface area contributed by atoms with Gasteiger partial charge < -0.3 is 10.4 Å². The molecule has 0 saturated heterocycles. The molecule has 0 radical (unpaired) electrons. The zero-order chi connectivity index (χ0) is 20.8. The smallest absolute Gasteiger partial charge is 0.251 e. The van der Waals surface area contributed by atoms with E-state index in [0.29, 0.717) is 5.56 Å². The number of benzene rings is 3. The normalized spacial score (nSPS) is 12.7. The van der Waals surface area contributed by atoms with Gasteiger partial charge in [0.15, 0.2) is 0 Å². The maximum atomic E-state index is 13.0. The van der Waals surface area contributed by atoms with Crippen molar-refractivity contribution in [2.75, 3.05) is 0 Å². The van der Waals surface area contributed by atoms with E-state index in [2.05, 4.69) is 10.3 Å². The lowest BCUT2D eigenvalue weighted by atomic mass is 9.95. The summed E-state index contributed by atoms with van der Waals surface area (Å²) in [5.74, 6) is -0.236. The number of hydrogen-bond donors (Lipinski definition) is 2. The number of nitrogens with one attached hydrogen (secondary N) is 1. The molecular weight excluding hydrogens is 372 g/mol. The standard InChI is InChI=1S/C26H22N2O2/c29-25(22-9-5-2-6-10-22)24(21-7-3-1-4-8-21)28-26(30)23-13-11-19(12-14-23)20-15-17-27-18-16-20/h1-18,24-25,29H,(H,28,30)/t24-,25+/m0/s1. The van der Waals surface area contributed by atoms with Gasteiger partial charge in [-0.3, -0.25) is 9.78 Å². The Morgan fingerprint density at radius 2 is 1.23 bits per heavy atom. The third-order valence-corrected chi connectivity index (χ3v) is 5.06. The Morgan fingerprint density at radius 3 is 1.83 bits per heavy atom. The molecule has 0 aliphatic carbocycles. The van der Waals surface area contributed by atoms with Crippen LogP contribution in [-0.4, -0.2) is 16.0 Å². The molecule has 148 valence electrons. The fourth-order valence-corrected chi connectivity index (χ4v) is 3.43. The second kappa shape index (κ2) is 9.16. The molecule has 0 unspecified atom stereocenters. The van der Waals surface area contributed by atoms with Crippen LogP contribution < -0.4 is 5.32 Å². The van der Waals surface area contributed by atoms with Gasteiger partial charge in [-0.15, -0.1) is 0 Å². The number of carbonyl (C=O) groups excluding carboxylic acids is 1. The van der Waals surface area contributed by atoms with Crippen LogP contribution in [-0.2, 0) is 0 Å². The summed E-state index contributed by atoms with van der Waals surface area (Å²) >= 11 is 0. The first-order valence-corrected chi connectivity index (χ1v) is 9.81. The SMILES string of the molecule is O=C(N[C@@H](c1ccccc1)[C@H](O)c1ccccc1)c1ccc(-c2ccncc2)cc1. The summed E-state index contributed by atoms with van der Waals surface area (Å²) < 4.78 is 0. The maximum absolute atomic E-state index is 13.0. The van der Waals surface area contributed by atoms with E-state index in [1.165, 1.54) is 0 Å². The predicted molar refractivity (Wildman–Crippen MR) is 118 cm³/mol. The van der Waals surface area contributed by atoms with E-state index < -0.39 is 12.1 Å². The molecule has 1 aromatic heterocycles. The van der Waals surface area contributed by atoms with Gasteiger partial charge in [-0.1, -0.05) is 72.8 Å². The molecule has 4 aromatic rings. The van der Waals surface area contributed by atoms with E-state index >= 15 is 0 Å². The summed E-state index contributed by atoms with van der Waals surface area (Å²) in [6.45, 7) is 0. The maximum Gasteiger partial charge on any atom is 0.251 e. The molecule has 4 nitrogen and oxygen atoms in total. The molecule has 0 fully saturated rings. The Labute approximate surface area is 175 Å². The molecule has 0 bridgehead atoms. The molecule has 2 N–H and O–H groups in total. The number of aliphatic hydroxyl groups is 1. The summed E-state index contributed by atoms with van der Waals surface area (Å²) in [4.78, 5) is 17.0. The van der Waals surface area contributed by atoms with Gasteiger partial charge in [-0.05, 0) is 46.5 Å². The number of pyridine rings is 1. The monoisotopic (exact) mass is 394 g/mol. The van der Waals surface area contributed by atoms with Crippen molar-refractivity contribution in [3.05, 3.63) is 126 Å². The van der Waals surface area contributed by atoms with Gasteiger partial charge in [-0.2, -0.15) is 0 Å². The molecule has 1 amide bonds. The van der Waals surface area contributed by atoms with Gasteiger partial charge in [0.2, 0.25) is 0 Å². The van der Waals surface area contributed by atoms with Crippen LogP contribution in [0.25, 0.3) is 11.1 Å². The summed E-state index contributed by atoms with van der Waals surface area (Å²) in [7, 11) is 0. The average Bonchev–Trinajstić information content (AvgIpc) is 2.84. The van der Waals surface area contributed by atoms with E-state index in [9.17, 15) is 9.90 Å². The third-order valence-electron chi connectivity index (χ3n) is 5.06. The van der Waals surface area contributed by atoms with Crippen LogP contribution in [0.15, 0.2) is 109 Å². The minimum Gasteiger partial charge on any atom is -0.386 e. The van der Waals surface area contributed by atoms with Crippen molar-refractivity contribution >= 4 is 5.91 Å². The Morgan fingerprint density at radius 1 is 0.700 bits per heavy atom. The fourth-order valence-electron chi connectivity index (χ4n) is 3.43. The van der Waals surface area contributed by atoms with Crippen molar-refractivity contribution in [2.45, 2.75) is 12.1 Å². The van der Waals surface area contributed by atoms with Gasteiger partial charge in [0.25, 0.3) is 5.91 Å². The largest absolute Gasteiger partial charge is 0.386 e. The molecule has 0 spiro atoms. The summed E-state index contributed by atoms with van der Waals surface area (Å²) in [5, 5.41) is 14.0. The highest BCUT2D eigenvalue weighted by Gasteiger charge is 2.25. The number of aromatic nitrogens is 1. The van der Waals surface area contributed by atoms with Crippen molar-refractivity contribution < 1.29 is 9.90 Å². The second-order valence-corrected chi connectivity index (χ2v) is 7.03. The quantitative estimate of drug-likeness (QED) is 0.486. The van der Waals surface area contributed by atoms with Crippen molar-refractivity contribution in [3.63, 3.8) is 0 Å². The number of aliphatic hydroxyl groups excluding tert-OH is 1. The van der Waals surface area contributed by atoms with Crippen molar-refractivity contribution in [2.24, 2.45) is 0 Å². The molecule has 4 rings (SSSR count). The zero-order valence-electron chi connectivity index (χ0n) is 16.3. The molecule has 0 saturated carbocycles. The van der Waals surface area contributed by atoms with Crippen LogP contribution in [0.1, 0.15) is 33.6 Å². The molecule has 3 aromatic carbocycles. The van der Waals surface area contributed by atoms with Crippen LogP contribution in [0.3, 0.4) is 0 Å². The van der Waals surface area contributed by atoms with Crippen molar-refractivity contribution in [3.8, 4) is 11.1 Å². The van der Waals surface area contributed by atoms with E-state index in [-0.39, 0.29) is 5.91 Å². The van der Waals surface area contributed by atoms with Crippen LogP contribution in [0, 0.1) is 0 Å². The Bertz CT molecular complexity index is 1080. The van der Waals surface area contributed by atoms with E-state index in [0.717, 1.165) is 22.3 Å². The van der Waals surface area contributed by atoms with E-state index in [1.54, 1.807) is 24.5 Å². The average molecular weight is 394 g/mol. The van der Waals surface area contributed by atoms with Gasteiger partial charge >= 0.3 is 0 Å². The molecule has 1 heterocycles. The lowest BCUT2D eigenvalue weighted by molar-refractivity contribution is 0.0831. The van der Waals surface area contributed by atoms with Crippen LogP contribution in [0.4, 0.5) is 0 Å².